The van der Waals surface area contributed by atoms with E-state index < -0.39 is 5.97 Å². The molecule has 1 saturated carbocycles. The van der Waals surface area contributed by atoms with Gasteiger partial charge in [0.15, 0.2) is 0 Å². The highest BCUT2D eigenvalue weighted by molar-refractivity contribution is 5.72. The van der Waals surface area contributed by atoms with Crippen LogP contribution in [0.5, 0.6) is 0 Å². The predicted octanol–water partition coefficient (Wildman–Crippen LogP) is 1.57. The van der Waals surface area contributed by atoms with Crippen LogP contribution in [0.4, 0.5) is 5.95 Å². The van der Waals surface area contributed by atoms with Gasteiger partial charge in [0.1, 0.15) is 0 Å². The van der Waals surface area contributed by atoms with E-state index in [1.807, 2.05) is 17.7 Å². The number of carbonyl (C=O) groups is 1. The number of carboxylic acid groups (broad SMARTS) is 1. The Morgan fingerprint density at radius 3 is 3.19 bits per heavy atom. The maximum Gasteiger partial charge on any atom is 0.308 e. The molecule has 1 aliphatic rings. The van der Waals surface area contributed by atoms with E-state index in [2.05, 4.69) is 10.3 Å². The fraction of sp³-hybridized carbons (Fsp3) is 0.636. The van der Waals surface area contributed by atoms with Crippen LogP contribution in [0.3, 0.4) is 0 Å². The lowest BCUT2D eigenvalue weighted by molar-refractivity contribution is -0.141. The molecule has 1 heterocycles. The Bertz CT molecular complexity index is 375. The first kappa shape index (κ1) is 11.0. The number of nitrogens with one attached hydrogen (secondary N) is 1. The van der Waals surface area contributed by atoms with Gasteiger partial charge in [-0.15, -0.1) is 0 Å². The minimum absolute atomic E-state index is 0.0187. The second kappa shape index (κ2) is 4.55. The van der Waals surface area contributed by atoms with Crippen LogP contribution in [-0.2, 0) is 11.3 Å². The zero-order valence-electron chi connectivity index (χ0n) is 9.39. The van der Waals surface area contributed by atoms with Gasteiger partial charge in [0.2, 0.25) is 5.95 Å². The summed E-state index contributed by atoms with van der Waals surface area (Å²) in [6.07, 6.45) is 6.28. The summed E-state index contributed by atoms with van der Waals surface area (Å²) in [7, 11) is 0. The van der Waals surface area contributed by atoms with E-state index in [0.29, 0.717) is 0 Å². The van der Waals surface area contributed by atoms with Gasteiger partial charge in [-0.25, -0.2) is 4.98 Å². The molecule has 16 heavy (non-hydrogen) atoms. The van der Waals surface area contributed by atoms with E-state index in [1.165, 1.54) is 0 Å². The van der Waals surface area contributed by atoms with Gasteiger partial charge in [-0.3, -0.25) is 4.79 Å². The fourth-order valence-electron chi connectivity index (χ4n) is 2.30. The average Bonchev–Trinajstić information content (AvgIpc) is 2.86. The molecule has 88 valence electrons. The smallest absolute Gasteiger partial charge is 0.308 e. The summed E-state index contributed by atoms with van der Waals surface area (Å²) in [6.45, 7) is 2.88. The molecule has 0 amide bonds. The minimum atomic E-state index is -0.704. The van der Waals surface area contributed by atoms with Crippen LogP contribution >= 0.6 is 0 Å². The first-order valence-electron chi connectivity index (χ1n) is 5.73. The van der Waals surface area contributed by atoms with E-state index in [0.717, 1.165) is 31.8 Å². The first-order chi connectivity index (χ1) is 7.72. The van der Waals surface area contributed by atoms with Crippen LogP contribution in [0.25, 0.3) is 0 Å². The summed E-state index contributed by atoms with van der Waals surface area (Å²) in [6, 6.07) is 0.0187. The van der Waals surface area contributed by atoms with Gasteiger partial charge in [-0.1, -0.05) is 6.42 Å². The second-order valence-corrected chi connectivity index (χ2v) is 4.16. The van der Waals surface area contributed by atoms with Crippen molar-refractivity contribution >= 4 is 11.9 Å². The fourth-order valence-corrected chi connectivity index (χ4v) is 2.30. The number of aryl methyl sites for hydroxylation is 1. The van der Waals surface area contributed by atoms with E-state index >= 15 is 0 Å². The van der Waals surface area contributed by atoms with Crippen molar-refractivity contribution in [3.63, 3.8) is 0 Å². The van der Waals surface area contributed by atoms with Crippen LogP contribution in [-0.4, -0.2) is 26.7 Å². The summed E-state index contributed by atoms with van der Waals surface area (Å²) in [5.41, 5.74) is 0. The van der Waals surface area contributed by atoms with E-state index in [9.17, 15) is 4.79 Å². The number of carboxylic acids is 1. The molecule has 2 N–H and O–H groups in total. The quantitative estimate of drug-likeness (QED) is 0.813. The molecule has 0 spiro atoms. The molecule has 2 atom stereocenters. The molecule has 5 heteroatoms. The van der Waals surface area contributed by atoms with Crippen molar-refractivity contribution in [1.29, 1.82) is 0 Å². The lowest BCUT2D eigenvalue weighted by atomic mass is 10.0. The summed E-state index contributed by atoms with van der Waals surface area (Å²) in [5.74, 6) is -0.202. The third-order valence-electron chi connectivity index (χ3n) is 3.20. The SMILES string of the molecule is CCn1ccnc1NC1CCCC1C(=O)O. The molecular formula is C11H17N3O2. The average molecular weight is 223 g/mol. The van der Waals surface area contributed by atoms with Gasteiger partial charge >= 0.3 is 5.97 Å². The Morgan fingerprint density at radius 1 is 1.69 bits per heavy atom. The molecule has 0 aliphatic heterocycles. The second-order valence-electron chi connectivity index (χ2n) is 4.16. The highest BCUT2D eigenvalue weighted by atomic mass is 16.4. The highest BCUT2D eigenvalue weighted by Gasteiger charge is 2.33. The molecule has 5 nitrogen and oxygen atoms in total. The zero-order chi connectivity index (χ0) is 11.5. The number of hydrogen-bond acceptors (Lipinski definition) is 3. The maximum atomic E-state index is 11.0. The van der Waals surface area contributed by atoms with Gasteiger partial charge in [0.05, 0.1) is 5.92 Å². The molecule has 2 unspecified atom stereocenters. The first-order valence-corrected chi connectivity index (χ1v) is 5.73. The van der Waals surface area contributed by atoms with Gasteiger partial charge in [0, 0.05) is 25.0 Å². The van der Waals surface area contributed by atoms with Crippen LogP contribution in [0, 0.1) is 5.92 Å². The summed E-state index contributed by atoms with van der Waals surface area (Å²) < 4.78 is 1.98. The molecule has 0 aromatic carbocycles. The van der Waals surface area contributed by atoms with Gasteiger partial charge < -0.3 is 15.0 Å². The number of rotatable bonds is 4. The molecule has 0 saturated heterocycles. The Hall–Kier alpha value is -1.52. The summed E-state index contributed by atoms with van der Waals surface area (Å²) >= 11 is 0. The van der Waals surface area contributed by atoms with Crippen LogP contribution in [0.15, 0.2) is 12.4 Å². The molecule has 0 radical (unpaired) electrons. The predicted molar refractivity (Wildman–Crippen MR) is 60.3 cm³/mol. The van der Waals surface area contributed by atoms with Crippen LogP contribution in [0.1, 0.15) is 26.2 Å². The summed E-state index contributed by atoms with van der Waals surface area (Å²) in [5, 5.41) is 12.3. The number of aromatic nitrogens is 2. The van der Waals surface area contributed by atoms with Crippen molar-refractivity contribution in [1.82, 2.24) is 9.55 Å². The van der Waals surface area contributed by atoms with E-state index in [4.69, 9.17) is 5.11 Å². The topological polar surface area (TPSA) is 67.2 Å². The highest BCUT2D eigenvalue weighted by Crippen LogP contribution is 2.28. The molecule has 1 aromatic rings. The van der Waals surface area contributed by atoms with E-state index in [1.54, 1.807) is 6.20 Å². The van der Waals surface area contributed by atoms with Crippen molar-refractivity contribution in [3.05, 3.63) is 12.4 Å². The Morgan fingerprint density at radius 2 is 2.50 bits per heavy atom. The molecule has 1 fully saturated rings. The number of anilines is 1. The van der Waals surface area contributed by atoms with Gasteiger partial charge in [0.25, 0.3) is 0 Å². The third kappa shape index (κ3) is 2.03. The number of hydrogen-bond donors (Lipinski definition) is 2. The maximum absolute atomic E-state index is 11.0. The van der Waals surface area contributed by atoms with Crippen molar-refractivity contribution in [2.75, 3.05) is 5.32 Å². The standard InChI is InChI=1S/C11H17N3O2/c1-2-14-7-6-12-11(14)13-9-5-3-4-8(9)10(15)16/h6-9H,2-5H2,1H3,(H,12,13)(H,15,16). The molecule has 1 aliphatic carbocycles. The number of aliphatic carboxylic acids is 1. The number of imidazole rings is 1. The molecular weight excluding hydrogens is 206 g/mol. The van der Waals surface area contributed by atoms with Crippen molar-refractivity contribution in [2.45, 2.75) is 38.8 Å². The van der Waals surface area contributed by atoms with Gasteiger partial charge in [-0.05, 0) is 19.8 Å². The molecule has 2 rings (SSSR count). The van der Waals surface area contributed by atoms with Crippen LogP contribution < -0.4 is 5.32 Å². The molecule has 0 bridgehead atoms. The van der Waals surface area contributed by atoms with Gasteiger partial charge in [-0.2, -0.15) is 0 Å². The summed E-state index contributed by atoms with van der Waals surface area (Å²) in [4.78, 5) is 15.2. The van der Waals surface area contributed by atoms with Crippen molar-refractivity contribution in [3.8, 4) is 0 Å². The molecule has 1 aromatic heterocycles. The lowest BCUT2D eigenvalue weighted by Gasteiger charge is -2.18. The Kier molecular flexibility index (Phi) is 3.12. The van der Waals surface area contributed by atoms with Crippen molar-refractivity contribution in [2.24, 2.45) is 5.92 Å². The largest absolute Gasteiger partial charge is 0.481 e. The number of nitrogens with zero attached hydrogens (tertiary/aromatic N) is 2. The Labute approximate surface area is 94.5 Å². The third-order valence-corrected chi connectivity index (χ3v) is 3.20. The lowest BCUT2D eigenvalue weighted by Crippen LogP contribution is -2.30. The van der Waals surface area contributed by atoms with Crippen LogP contribution in [0.2, 0.25) is 0 Å². The minimum Gasteiger partial charge on any atom is -0.481 e. The monoisotopic (exact) mass is 223 g/mol. The van der Waals surface area contributed by atoms with Crippen molar-refractivity contribution < 1.29 is 9.90 Å². The Balaban J connectivity index is 2.06. The zero-order valence-corrected chi connectivity index (χ0v) is 9.39. The van der Waals surface area contributed by atoms with E-state index in [-0.39, 0.29) is 12.0 Å². The normalized spacial score (nSPS) is 24.6.